The van der Waals surface area contributed by atoms with Crippen LogP contribution in [0.2, 0.25) is 0 Å². The molecule has 0 atom stereocenters. The van der Waals surface area contributed by atoms with E-state index < -0.39 is 0 Å². The first-order chi connectivity index (χ1) is 8.79. The zero-order valence-electron chi connectivity index (χ0n) is 10.0. The van der Waals surface area contributed by atoms with E-state index in [2.05, 4.69) is 29.6 Å². The van der Waals surface area contributed by atoms with Crippen molar-refractivity contribution in [2.24, 2.45) is 0 Å². The topological polar surface area (TPSA) is 9.23 Å². The first kappa shape index (κ1) is 11.4. The Bertz CT molecular complexity index is 685. The van der Waals surface area contributed by atoms with E-state index in [1.165, 1.54) is 16.5 Å². The van der Waals surface area contributed by atoms with Crippen LogP contribution in [-0.2, 0) is 0 Å². The van der Waals surface area contributed by atoms with E-state index in [9.17, 15) is 0 Å². The molecule has 0 unspecified atom stereocenters. The first-order valence-electron chi connectivity index (χ1n) is 5.69. The van der Waals surface area contributed by atoms with Crippen molar-refractivity contribution in [2.45, 2.75) is 0 Å². The maximum absolute atomic E-state index is 5.98. The number of hydrogen-bond donors (Lipinski definition) is 0. The predicted molar refractivity (Wildman–Crippen MR) is 79.2 cm³/mol. The lowest BCUT2D eigenvalue weighted by atomic mass is 9.91. The molecular weight excluding hydrogens is 239 g/mol. The van der Waals surface area contributed by atoms with E-state index in [1.807, 2.05) is 18.2 Å². The van der Waals surface area contributed by atoms with Crippen LogP contribution in [0.25, 0.3) is 21.2 Å². The standard InChI is InChI=1S/C15H11BOS/c1-17-11-4-2-10(3-5-11)12-6-7-14(16)15-13(12)8-9-18-15/h2-9H,1H3. The van der Waals surface area contributed by atoms with Crippen LogP contribution in [0, 0.1) is 0 Å². The molecule has 3 heteroatoms. The lowest BCUT2D eigenvalue weighted by molar-refractivity contribution is 0.415. The van der Waals surface area contributed by atoms with Crippen molar-refractivity contribution in [3.05, 3.63) is 47.8 Å². The van der Waals surface area contributed by atoms with E-state index in [-0.39, 0.29) is 0 Å². The molecule has 0 amide bonds. The predicted octanol–water partition coefficient (Wildman–Crippen LogP) is 3.37. The lowest BCUT2D eigenvalue weighted by Gasteiger charge is -2.07. The highest BCUT2D eigenvalue weighted by molar-refractivity contribution is 7.18. The number of benzene rings is 2. The summed E-state index contributed by atoms with van der Waals surface area (Å²) in [6.45, 7) is 0. The summed E-state index contributed by atoms with van der Waals surface area (Å²) in [5.74, 6) is 0.871. The molecule has 1 aromatic heterocycles. The van der Waals surface area contributed by atoms with Gasteiger partial charge in [-0.3, -0.25) is 0 Å². The third-order valence-electron chi connectivity index (χ3n) is 3.05. The van der Waals surface area contributed by atoms with Gasteiger partial charge in [-0.1, -0.05) is 29.7 Å². The van der Waals surface area contributed by atoms with E-state index in [1.54, 1.807) is 18.4 Å². The molecule has 2 aromatic carbocycles. The SMILES string of the molecule is [B]c1ccc(-c2ccc(OC)cc2)c2ccsc12. The van der Waals surface area contributed by atoms with Crippen LogP contribution in [0.4, 0.5) is 0 Å². The maximum atomic E-state index is 5.98. The van der Waals surface area contributed by atoms with E-state index in [0.717, 1.165) is 15.9 Å². The summed E-state index contributed by atoms with van der Waals surface area (Å²) in [5, 5.41) is 3.29. The van der Waals surface area contributed by atoms with Crippen molar-refractivity contribution in [3.63, 3.8) is 0 Å². The fourth-order valence-electron chi connectivity index (χ4n) is 2.11. The Hall–Kier alpha value is -1.74. The molecule has 0 aliphatic rings. The van der Waals surface area contributed by atoms with Gasteiger partial charge in [-0.25, -0.2) is 0 Å². The first-order valence-corrected chi connectivity index (χ1v) is 6.57. The summed E-state index contributed by atoms with van der Waals surface area (Å²) < 4.78 is 6.33. The van der Waals surface area contributed by atoms with Gasteiger partial charge in [-0.2, -0.15) is 0 Å². The molecule has 0 saturated heterocycles. The van der Waals surface area contributed by atoms with E-state index in [0.29, 0.717) is 0 Å². The van der Waals surface area contributed by atoms with Gasteiger partial charge in [0.15, 0.2) is 0 Å². The number of rotatable bonds is 2. The fraction of sp³-hybridized carbons (Fsp3) is 0.0667. The summed E-state index contributed by atoms with van der Waals surface area (Å²) in [5.41, 5.74) is 3.24. The highest BCUT2D eigenvalue weighted by atomic mass is 32.1. The monoisotopic (exact) mass is 250 g/mol. The maximum Gasteiger partial charge on any atom is 0.118 e. The van der Waals surface area contributed by atoms with Crippen LogP contribution in [0.1, 0.15) is 0 Å². The molecule has 3 aromatic rings. The third kappa shape index (κ3) is 1.81. The highest BCUT2D eigenvalue weighted by Gasteiger charge is 2.06. The molecule has 18 heavy (non-hydrogen) atoms. The molecule has 0 N–H and O–H groups in total. The molecule has 0 aliphatic heterocycles. The summed E-state index contributed by atoms with van der Waals surface area (Å²) in [7, 11) is 7.66. The van der Waals surface area contributed by atoms with Gasteiger partial charge in [0.1, 0.15) is 13.6 Å². The molecule has 0 aliphatic carbocycles. The molecule has 1 heterocycles. The molecule has 2 radical (unpaired) electrons. The van der Waals surface area contributed by atoms with Gasteiger partial charge in [-0.15, -0.1) is 11.3 Å². The van der Waals surface area contributed by atoms with Crippen molar-refractivity contribution in [2.75, 3.05) is 7.11 Å². The highest BCUT2D eigenvalue weighted by Crippen LogP contribution is 2.31. The third-order valence-corrected chi connectivity index (χ3v) is 4.01. The average molecular weight is 250 g/mol. The molecule has 0 saturated carbocycles. The molecule has 3 rings (SSSR count). The summed E-state index contributed by atoms with van der Waals surface area (Å²) in [6.07, 6.45) is 0. The smallest absolute Gasteiger partial charge is 0.118 e. The average Bonchev–Trinajstić information content (AvgIpc) is 2.90. The van der Waals surface area contributed by atoms with Crippen LogP contribution < -0.4 is 10.2 Å². The second kappa shape index (κ2) is 4.50. The van der Waals surface area contributed by atoms with Crippen LogP contribution in [0.15, 0.2) is 47.8 Å². The van der Waals surface area contributed by atoms with Gasteiger partial charge in [0.25, 0.3) is 0 Å². The number of methoxy groups -OCH3 is 1. The van der Waals surface area contributed by atoms with Crippen LogP contribution in [0.3, 0.4) is 0 Å². The second-order valence-electron chi connectivity index (χ2n) is 4.09. The van der Waals surface area contributed by atoms with Crippen LogP contribution in [-0.4, -0.2) is 15.0 Å². The van der Waals surface area contributed by atoms with Crippen LogP contribution in [0.5, 0.6) is 5.75 Å². The lowest BCUT2D eigenvalue weighted by Crippen LogP contribution is -2.01. The number of fused-ring (bicyclic) bond motifs is 1. The summed E-state index contributed by atoms with van der Waals surface area (Å²) in [4.78, 5) is 0. The van der Waals surface area contributed by atoms with Crippen molar-refractivity contribution >= 4 is 34.7 Å². The van der Waals surface area contributed by atoms with Gasteiger partial charge >= 0.3 is 0 Å². The summed E-state index contributed by atoms with van der Waals surface area (Å²) in [6, 6.07) is 14.3. The number of thiophene rings is 1. The Morgan fingerprint density at radius 1 is 1.00 bits per heavy atom. The van der Waals surface area contributed by atoms with Gasteiger partial charge in [0.05, 0.1) is 7.11 Å². The Morgan fingerprint density at radius 2 is 1.78 bits per heavy atom. The van der Waals surface area contributed by atoms with Crippen molar-refractivity contribution < 1.29 is 4.74 Å². The normalized spacial score (nSPS) is 10.7. The van der Waals surface area contributed by atoms with Gasteiger partial charge < -0.3 is 4.74 Å². The Balaban J connectivity index is 2.18. The number of ether oxygens (including phenoxy) is 1. The van der Waals surface area contributed by atoms with Crippen LogP contribution >= 0.6 is 11.3 Å². The minimum Gasteiger partial charge on any atom is -0.497 e. The van der Waals surface area contributed by atoms with Crippen molar-refractivity contribution in [1.29, 1.82) is 0 Å². The van der Waals surface area contributed by atoms with Gasteiger partial charge in [0, 0.05) is 4.70 Å². The Morgan fingerprint density at radius 3 is 2.50 bits per heavy atom. The zero-order valence-corrected chi connectivity index (χ0v) is 10.8. The van der Waals surface area contributed by atoms with Crippen molar-refractivity contribution in [1.82, 2.24) is 0 Å². The fourth-order valence-corrected chi connectivity index (χ4v) is 2.96. The van der Waals surface area contributed by atoms with E-state index >= 15 is 0 Å². The number of hydrogen-bond acceptors (Lipinski definition) is 2. The van der Waals surface area contributed by atoms with E-state index in [4.69, 9.17) is 12.6 Å². The largest absolute Gasteiger partial charge is 0.497 e. The second-order valence-corrected chi connectivity index (χ2v) is 5.01. The minimum absolute atomic E-state index is 0.845. The molecule has 0 spiro atoms. The van der Waals surface area contributed by atoms with Gasteiger partial charge in [0.2, 0.25) is 0 Å². The van der Waals surface area contributed by atoms with Crippen molar-refractivity contribution in [3.8, 4) is 16.9 Å². The molecule has 86 valence electrons. The quantitative estimate of drug-likeness (QED) is 0.633. The Kier molecular flexibility index (Phi) is 2.84. The molecule has 0 fully saturated rings. The summed E-state index contributed by atoms with van der Waals surface area (Å²) >= 11 is 1.68. The molecule has 0 bridgehead atoms. The zero-order chi connectivity index (χ0) is 12.5. The molecular formula is C15H11BOS. The minimum atomic E-state index is 0.845. The molecule has 1 nitrogen and oxygen atoms in total. The Labute approximate surface area is 111 Å². The van der Waals surface area contributed by atoms with Gasteiger partial charge in [-0.05, 0) is 40.1 Å².